The topological polar surface area (TPSA) is 67.5 Å². The van der Waals surface area contributed by atoms with Gasteiger partial charge in [-0.25, -0.2) is 13.6 Å². The van der Waals surface area contributed by atoms with E-state index in [0.29, 0.717) is 12.1 Å². The highest BCUT2D eigenvalue weighted by Crippen LogP contribution is 2.17. The molecule has 1 aromatic carbocycles. The molecule has 4 nitrogen and oxygen atoms in total. The fraction of sp³-hybridized carbons (Fsp3) is 0. The van der Waals surface area contributed by atoms with E-state index in [0.717, 1.165) is 6.07 Å². The molecule has 0 aliphatic carbocycles. The van der Waals surface area contributed by atoms with Gasteiger partial charge >= 0.3 is 5.97 Å². The van der Waals surface area contributed by atoms with Gasteiger partial charge in [0.2, 0.25) is 5.76 Å². The maximum absolute atomic E-state index is 13.2. The zero-order chi connectivity index (χ0) is 11.9. The summed E-state index contributed by atoms with van der Waals surface area (Å²) in [6.45, 7) is 0. The molecule has 0 atom stereocenters. The second kappa shape index (κ2) is 3.41. The first-order valence-corrected chi connectivity index (χ1v) is 4.15. The highest BCUT2D eigenvalue weighted by molar-refractivity contribution is 5.87. The lowest BCUT2D eigenvalue weighted by Gasteiger charge is -2.00. The third kappa shape index (κ3) is 1.54. The van der Waals surface area contributed by atoms with Gasteiger partial charge in [-0.05, 0) is 0 Å². The summed E-state index contributed by atoms with van der Waals surface area (Å²) in [4.78, 5) is 21.9. The summed E-state index contributed by atoms with van der Waals surface area (Å²) in [7, 11) is 0. The predicted molar refractivity (Wildman–Crippen MR) is 49.4 cm³/mol. The van der Waals surface area contributed by atoms with Crippen LogP contribution >= 0.6 is 0 Å². The number of rotatable bonds is 1. The van der Waals surface area contributed by atoms with Crippen molar-refractivity contribution in [3.05, 3.63) is 45.8 Å². The molecule has 1 aromatic heterocycles. The lowest BCUT2D eigenvalue weighted by Crippen LogP contribution is -2.08. The van der Waals surface area contributed by atoms with E-state index in [4.69, 9.17) is 5.11 Å². The fourth-order valence-corrected chi connectivity index (χ4v) is 1.31. The molecule has 0 aliphatic heterocycles. The second-order valence-electron chi connectivity index (χ2n) is 3.04. The first kappa shape index (κ1) is 10.3. The highest BCUT2D eigenvalue weighted by Gasteiger charge is 2.14. The Morgan fingerprint density at radius 2 is 1.94 bits per heavy atom. The quantitative estimate of drug-likeness (QED) is 0.804. The Bertz CT molecular complexity index is 645. The average molecular weight is 226 g/mol. The van der Waals surface area contributed by atoms with Crippen LogP contribution in [0.5, 0.6) is 0 Å². The number of carboxylic acids is 1. The number of hydrogen-bond donors (Lipinski definition) is 1. The first-order valence-electron chi connectivity index (χ1n) is 4.15. The van der Waals surface area contributed by atoms with Gasteiger partial charge in [0.05, 0.1) is 0 Å². The molecular formula is C10H4F2O4. The highest BCUT2D eigenvalue weighted by atomic mass is 19.1. The molecule has 0 radical (unpaired) electrons. The van der Waals surface area contributed by atoms with Gasteiger partial charge in [0.25, 0.3) is 0 Å². The molecule has 0 aliphatic rings. The van der Waals surface area contributed by atoms with Crippen LogP contribution in [-0.4, -0.2) is 11.1 Å². The Labute approximate surface area is 86.7 Å². The molecule has 2 aromatic rings. The number of fused-ring (bicyclic) bond motifs is 1. The summed E-state index contributed by atoms with van der Waals surface area (Å²) in [5, 5.41) is 8.12. The minimum atomic E-state index is -1.48. The van der Waals surface area contributed by atoms with Gasteiger partial charge in [0, 0.05) is 18.2 Å². The molecule has 1 heterocycles. The molecule has 82 valence electrons. The minimum absolute atomic E-state index is 0.428. The molecule has 0 fully saturated rings. The van der Waals surface area contributed by atoms with Gasteiger partial charge in [-0.2, -0.15) is 0 Å². The maximum Gasteiger partial charge on any atom is 0.371 e. The molecule has 6 heteroatoms. The number of carbonyl (C=O) groups is 1. The van der Waals surface area contributed by atoms with E-state index in [2.05, 4.69) is 4.42 Å². The molecule has 0 spiro atoms. The molecule has 16 heavy (non-hydrogen) atoms. The summed E-state index contributed by atoms with van der Waals surface area (Å²) >= 11 is 0. The van der Waals surface area contributed by atoms with Crippen molar-refractivity contribution in [3.8, 4) is 0 Å². The SMILES string of the molecule is O=C(O)c1cc(=O)c2c(F)cc(F)cc2o1. The zero-order valence-electron chi connectivity index (χ0n) is 7.66. The lowest BCUT2D eigenvalue weighted by molar-refractivity contribution is 0.0663. The number of carboxylic acid groups (broad SMARTS) is 1. The van der Waals surface area contributed by atoms with Crippen molar-refractivity contribution in [1.29, 1.82) is 0 Å². The molecular weight excluding hydrogens is 222 g/mol. The van der Waals surface area contributed by atoms with Gasteiger partial charge < -0.3 is 9.52 Å². The number of halogens is 2. The van der Waals surface area contributed by atoms with Crippen LogP contribution in [0.25, 0.3) is 11.0 Å². The molecule has 0 bridgehead atoms. The molecule has 0 amide bonds. The number of benzene rings is 1. The second-order valence-corrected chi connectivity index (χ2v) is 3.04. The lowest BCUT2D eigenvalue weighted by atomic mass is 10.2. The van der Waals surface area contributed by atoms with E-state index in [-0.39, 0.29) is 0 Å². The van der Waals surface area contributed by atoms with Crippen molar-refractivity contribution in [2.75, 3.05) is 0 Å². The fourth-order valence-electron chi connectivity index (χ4n) is 1.31. The first-order chi connectivity index (χ1) is 7.49. The molecule has 2 rings (SSSR count). The molecule has 0 saturated carbocycles. The Morgan fingerprint density at radius 1 is 1.25 bits per heavy atom. The van der Waals surface area contributed by atoms with Crippen LogP contribution in [0.1, 0.15) is 10.6 Å². The summed E-state index contributed by atoms with van der Waals surface area (Å²) < 4.78 is 30.7. The summed E-state index contributed by atoms with van der Waals surface area (Å²) in [5.41, 5.74) is -1.29. The molecule has 0 saturated heterocycles. The smallest absolute Gasteiger partial charge is 0.371 e. The van der Waals surface area contributed by atoms with Crippen LogP contribution in [0.4, 0.5) is 8.78 Å². The molecule has 1 N–H and O–H groups in total. The van der Waals surface area contributed by atoms with Crippen LogP contribution in [0.15, 0.2) is 27.4 Å². The van der Waals surface area contributed by atoms with E-state index in [1.165, 1.54) is 0 Å². The summed E-state index contributed by atoms with van der Waals surface area (Å²) in [6, 6.07) is 1.93. The predicted octanol–water partition coefficient (Wildman–Crippen LogP) is 1.77. The average Bonchev–Trinajstić information content (AvgIpc) is 2.15. The van der Waals surface area contributed by atoms with E-state index >= 15 is 0 Å². The zero-order valence-corrected chi connectivity index (χ0v) is 7.66. The maximum atomic E-state index is 13.2. The van der Waals surface area contributed by atoms with Gasteiger partial charge in [0.15, 0.2) is 5.43 Å². The van der Waals surface area contributed by atoms with Crippen LogP contribution in [0.2, 0.25) is 0 Å². The number of hydrogen-bond acceptors (Lipinski definition) is 3. The Balaban J connectivity index is 2.93. The van der Waals surface area contributed by atoms with Gasteiger partial charge in [-0.1, -0.05) is 0 Å². The van der Waals surface area contributed by atoms with Crippen LogP contribution in [0, 0.1) is 11.6 Å². The third-order valence-electron chi connectivity index (χ3n) is 1.96. The molecule has 0 unspecified atom stereocenters. The van der Waals surface area contributed by atoms with Gasteiger partial charge in [0.1, 0.15) is 22.6 Å². The van der Waals surface area contributed by atoms with Crippen molar-refractivity contribution in [3.63, 3.8) is 0 Å². The van der Waals surface area contributed by atoms with Gasteiger partial charge in [-0.15, -0.1) is 0 Å². The van der Waals surface area contributed by atoms with Crippen molar-refractivity contribution in [2.24, 2.45) is 0 Å². The van der Waals surface area contributed by atoms with Crippen LogP contribution in [-0.2, 0) is 0 Å². The Kier molecular flexibility index (Phi) is 2.19. The monoisotopic (exact) mass is 226 g/mol. The van der Waals surface area contributed by atoms with Crippen molar-refractivity contribution in [2.45, 2.75) is 0 Å². The van der Waals surface area contributed by atoms with Crippen LogP contribution in [0.3, 0.4) is 0 Å². The van der Waals surface area contributed by atoms with Crippen molar-refractivity contribution < 1.29 is 23.1 Å². The van der Waals surface area contributed by atoms with Crippen molar-refractivity contribution in [1.82, 2.24) is 0 Å². The standard InChI is InChI=1S/C10H4F2O4/c11-4-1-5(12)9-6(13)3-8(10(14)15)16-7(9)2-4/h1-3H,(H,14,15). The summed E-state index contributed by atoms with van der Waals surface area (Å²) in [6.07, 6.45) is 0. The van der Waals surface area contributed by atoms with Gasteiger partial charge in [-0.3, -0.25) is 4.79 Å². The third-order valence-corrected chi connectivity index (χ3v) is 1.96. The Morgan fingerprint density at radius 3 is 2.56 bits per heavy atom. The van der Waals surface area contributed by atoms with E-state index in [9.17, 15) is 18.4 Å². The normalized spacial score (nSPS) is 10.6. The largest absolute Gasteiger partial charge is 0.475 e. The van der Waals surface area contributed by atoms with E-state index in [1.807, 2.05) is 0 Å². The van der Waals surface area contributed by atoms with E-state index < -0.39 is 39.8 Å². The van der Waals surface area contributed by atoms with E-state index in [1.54, 1.807) is 0 Å². The van der Waals surface area contributed by atoms with Crippen molar-refractivity contribution >= 4 is 16.9 Å². The van der Waals surface area contributed by atoms with Crippen LogP contribution < -0.4 is 5.43 Å². The minimum Gasteiger partial charge on any atom is -0.475 e. The summed E-state index contributed by atoms with van der Waals surface area (Å²) in [5.74, 6) is -4.18. The Hall–Kier alpha value is -2.24. The number of aromatic carboxylic acids is 1.